The highest BCUT2D eigenvalue weighted by molar-refractivity contribution is 7.10. The Morgan fingerprint density at radius 2 is 2.14 bits per heavy atom. The number of hydrogen-bond donors (Lipinski definition) is 2. The van der Waals surface area contributed by atoms with Gasteiger partial charge >= 0.3 is 6.18 Å². The summed E-state index contributed by atoms with van der Waals surface area (Å²) < 4.78 is 35.5. The first-order chi connectivity index (χ1) is 6.41. The fourth-order valence-corrected chi connectivity index (χ4v) is 1.46. The summed E-state index contributed by atoms with van der Waals surface area (Å²) in [6, 6.07) is 3.08. The van der Waals surface area contributed by atoms with Crippen molar-refractivity contribution in [2.45, 2.75) is 12.3 Å². The molecule has 0 fully saturated rings. The van der Waals surface area contributed by atoms with Crippen molar-refractivity contribution in [3.63, 3.8) is 0 Å². The molecule has 6 heteroatoms. The lowest BCUT2D eigenvalue weighted by Crippen LogP contribution is -2.12. The summed E-state index contributed by atoms with van der Waals surface area (Å²) in [7, 11) is 0. The number of alkyl halides is 3. The number of aliphatic hydroxyl groups is 2. The first-order valence-corrected chi connectivity index (χ1v) is 4.48. The standard InChI is InChI=1S/C8H7F3O2S/c9-8(10,11)7(13)4-5(12)6-2-1-3-14-6/h1-5,12-13H. The van der Waals surface area contributed by atoms with E-state index in [1.807, 2.05) is 0 Å². The van der Waals surface area contributed by atoms with Crippen LogP contribution in [0.3, 0.4) is 0 Å². The van der Waals surface area contributed by atoms with Crippen molar-refractivity contribution in [3.8, 4) is 0 Å². The average molecular weight is 224 g/mol. The monoisotopic (exact) mass is 224 g/mol. The van der Waals surface area contributed by atoms with Crippen LogP contribution in [0.15, 0.2) is 29.3 Å². The van der Waals surface area contributed by atoms with Gasteiger partial charge in [0.05, 0.1) is 0 Å². The molecule has 0 aliphatic rings. The van der Waals surface area contributed by atoms with Crippen LogP contribution in [-0.4, -0.2) is 16.4 Å². The molecule has 1 aromatic rings. The lowest BCUT2D eigenvalue weighted by molar-refractivity contribution is -0.121. The largest absolute Gasteiger partial charge is 0.504 e. The van der Waals surface area contributed by atoms with E-state index in [0.29, 0.717) is 11.0 Å². The Morgan fingerprint density at radius 3 is 2.57 bits per heavy atom. The van der Waals surface area contributed by atoms with Gasteiger partial charge in [-0.05, 0) is 17.5 Å². The molecule has 14 heavy (non-hydrogen) atoms. The van der Waals surface area contributed by atoms with Crippen molar-refractivity contribution in [1.82, 2.24) is 0 Å². The minimum absolute atomic E-state index is 0.348. The van der Waals surface area contributed by atoms with Crippen molar-refractivity contribution in [3.05, 3.63) is 34.2 Å². The van der Waals surface area contributed by atoms with E-state index >= 15 is 0 Å². The molecule has 2 N–H and O–H groups in total. The van der Waals surface area contributed by atoms with Crippen LogP contribution < -0.4 is 0 Å². The summed E-state index contributed by atoms with van der Waals surface area (Å²) in [5, 5.41) is 19.4. The first-order valence-electron chi connectivity index (χ1n) is 3.60. The van der Waals surface area contributed by atoms with E-state index in [9.17, 15) is 18.3 Å². The minimum Gasteiger partial charge on any atom is -0.504 e. The van der Waals surface area contributed by atoms with Crippen molar-refractivity contribution >= 4 is 11.3 Å². The summed E-state index contributed by atoms with van der Waals surface area (Å²) >= 11 is 1.11. The van der Waals surface area contributed by atoms with Crippen LogP contribution in [0.2, 0.25) is 0 Å². The predicted molar refractivity (Wildman–Crippen MR) is 46.0 cm³/mol. The van der Waals surface area contributed by atoms with Gasteiger partial charge in [-0.2, -0.15) is 13.2 Å². The average Bonchev–Trinajstić information content (AvgIpc) is 2.53. The van der Waals surface area contributed by atoms with E-state index in [0.717, 1.165) is 11.3 Å². The van der Waals surface area contributed by atoms with Crippen LogP contribution >= 0.6 is 11.3 Å². The maximum atomic E-state index is 11.8. The minimum atomic E-state index is -4.81. The van der Waals surface area contributed by atoms with Gasteiger partial charge < -0.3 is 10.2 Å². The summed E-state index contributed by atoms with van der Waals surface area (Å²) in [5.41, 5.74) is 0. The van der Waals surface area contributed by atoms with E-state index < -0.39 is 18.0 Å². The zero-order valence-electron chi connectivity index (χ0n) is 6.82. The Balaban J connectivity index is 2.78. The molecule has 1 rings (SSSR count). The van der Waals surface area contributed by atoms with Crippen molar-refractivity contribution in [2.75, 3.05) is 0 Å². The van der Waals surface area contributed by atoms with E-state index in [1.54, 1.807) is 11.4 Å². The van der Waals surface area contributed by atoms with E-state index in [4.69, 9.17) is 5.11 Å². The summed E-state index contributed by atoms with van der Waals surface area (Å²) in [6.45, 7) is 0. The molecule has 0 aromatic carbocycles. The predicted octanol–water partition coefficient (Wildman–Crippen LogP) is 2.79. The highest BCUT2D eigenvalue weighted by atomic mass is 32.1. The van der Waals surface area contributed by atoms with Gasteiger partial charge in [0, 0.05) is 4.88 Å². The normalized spacial score (nSPS) is 15.6. The highest BCUT2D eigenvalue weighted by Gasteiger charge is 2.34. The number of aliphatic hydroxyl groups excluding tert-OH is 2. The fraction of sp³-hybridized carbons (Fsp3) is 0.250. The number of rotatable bonds is 2. The lowest BCUT2D eigenvalue weighted by atomic mass is 10.2. The van der Waals surface area contributed by atoms with Crippen LogP contribution in [0.1, 0.15) is 11.0 Å². The zero-order chi connectivity index (χ0) is 10.8. The summed E-state index contributed by atoms with van der Waals surface area (Å²) in [6.07, 6.45) is -5.86. The highest BCUT2D eigenvalue weighted by Crippen LogP contribution is 2.27. The molecule has 78 valence electrons. The third-order valence-corrected chi connectivity index (χ3v) is 2.38. The third kappa shape index (κ3) is 2.74. The maximum absolute atomic E-state index is 11.8. The molecule has 1 atom stereocenters. The second-order valence-corrected chi connectivity index (χ2v) is 3.49. The van der Waals surface area contributed by atoms with Crippen LogP contribution in [-0.2, 0) is 0 Å². The van der Waals surface area contributed by atoms with Crippen LogP contribution in [0, 0.1) is 0 Å². The van der Waals surface area contributed by atoms with Gasteiger partial charge in [-0.1, -0.05) is 6.07 Å². The summed E-state index contributed by atoms with van der Waals surface area (Å²) in [5.74, 6) is -1.78. The van der Waals surface area contributed by atoms with Crippen molar-refractivity contribution in [2.24, 2.45) is 0 Å². The SMILES string of the molecule is OC(=CC(O)c1cccs1)C(F)(F)F. The number of hydrogen-bond acceptors (Lipinski definition) is 3. The first kappa shape index (κ1) is 11.1. The van der Waals surface area contributed by atoms with Crippen molar-refractivity contribution in [1.29, 1.82) is 0 Å². The van der Waals surface area contributed by atoms with E-state index in [2.05, 4.69) is 0 Å². The number of thiophene rings is 1. The molecule has 2 nitrogen and oxygen atoms in total. The molecular weight excluding hydrogens is 217 g/mol. The number of allylic oxidation sites excluding steroid dienone is 1. The van der Waals surface area contributed by atoms with E-state index in [1.165, 1.54) is 6.07 Å². The Morgan fingerprint density at radius 1 is 1.50 bits per heavy atom. The second-order valence-electron chi connectivity index (χ2n) is 2.51. The molecule has 0 amide bonds. The van der Waals surface area contributed by atoms with Crippen LogP contribution in [0.25, 0.3) is 0 Å². The van der Waals surface area contributed by atoms with E-state index in [-0.39, 0.29) is 0 Å². The van der Waals surface area contributed by atoms with Gasteiger partial charge in [0.1, 0.15) is 6.10 Å². The van der Waals surface area contributed by atoms with Crippen LogP contribution in [0.5, 0.6) is 0 Å². The molecule has 0 spiro atoms. The molecule has 1 heterocycles. The van der Waals surface area contributed by atoms with Gasteiger partial charge in [0.25, 0.3) is 0 Å². The Labute approximate surface area is 81.9 Å². The van der Waals surface area contributed by atoms with Gasteiger partial charge in [0.15, 0.2) is 5.76 Å². The maximum Gasteiger partial charge on any atom is 0.448 e. The molecule has 0 bridgehead atoms. The van der Waals surface area contributed by atoms with Crippen molar-refractivity contribution < 1.29 is 23.4 Å². The van der Waals surface area contributed by atoms with Gasteiger partial charge in [-0.3, -0.25) is 0 Å². The molecule has 0 saturated carbocycles. The fourth-order valence-electron chi connectivity index (χ4n) is 0.786. The molecule has 0 radical (unpaired) electrons. The summed E-state index contributed by atoms with van der Waals surface area (Å²) in [4.78, 5) is 0.348. The Kier molecular flexibility index (Phi) is 3.17. The second kappa shape index (κ2) is 4.02. The van der Waals surface area contributed by atoms with Gasteiger partial charge in [0.2, 0.25) is 0 Å². The lowest BCUT2D eigenvalue weighted by Gasteiger charge is -2.07. The molecular formula is C8H7F3O2S. The van der Waals surface area contributed by atoms with Gasteiger partial charge in [-0.15, -0.1) is 11.3 Å². The van der Waals surface area contributed by atoms with Gasteiger partial charge in [-0.25, -0.2) is 0 Å². The molecule has 0 saturated heterocycles. The molecule has 0 aliphatic carbocycles. The topological polar surface area (TPSA) is 40.5 Å². The number of halogens is 3. The zero-order valence-corrected chi connectivity index (χ0v) is 7.64. The smallest absolute Gasteiger partial charge is 0.448 e. The third-order valence-electron chi connectivity index (χ3n) is 1.44. The molecule has 1 aromatic heterocycles. The molecule has 1 unspecified atom stereocenters. The molecule has 0 aliphatic heterocycles. The van der Waals surface area contributed by atoms with Crippen LogP contribution in [0.4, 0.5) is 13.2 Å². The Bertz CT molecular complexity index is 316. The Hall–Kier alpha value is -1.01. The quantitative estimate of drug-likeness (QED) is 0.758.